The molecule has 1 N–H and O–H groups in total. The third kappa shape index (κ3) is 5.24. The third-order valence-electron chi connectivity index (χ3n) is 5.26. The van der Waals surface area contributed by atoms with Gasteiger partial charge in [0.1, 0.15) is 0 Å². The molecular weight excluding hydrogens is 437 g/mol. The third-order valence-corrected chi connectivity index (χ3v) is 5.26. The number of carbonyl (C=O) groups excluding carboxylic acids is 3. The molecule has 9 heteroatoms. The number of nitrogens with zero attached hydrogens (tertiary/aromatic N) is 1. The van der Waals surface area contributed by atoms with Crippen LogP contribution >= 0.6 is 0 Å². The molecule has 1 aliphatic rings. The molecule has 0 saturated heterocycles. The number of nitrogens with one attached hydrogen (secondary N) is 1. The Hall–Kier alpha value is -3.62. The molecule has 0 spiro atoms. The number of allylic oxidation sites excluding steroid dienone is 1. The molecule has 1 heterocycles. The number of carbonyl (C=O) groups is 3. The standard InChI is InChI=1S/C24H23F3N2O4/c1-4-33-23(32)21-15(3)29(18-10-8-14(2)9-11-18)20(30)13-19(21)22(31)28-17-7-5-6-16(12-17)24(25,26)27/h5-12,19H,4,13H2,1-3H3,(H,28,31)/t19-/m1/s1. The lowest BCUT2D eigenvalue weighted by molar-refractivity contribution is -0.141. The first-order valence-corrected chi connectivity index (χ1v) is 10.3. The van der Waals surface area contributed by atoms with Crippen LogP contribution in [-0.2, 0) is 25.3 Å². The van der Waals surface area contributed by atoms with Gasteiger partial charge in [-0.2, -0.15) is 13.2 Å². The van der Waals surface area contributed by atoms with E-state index in [0.717, 1.165) is 23.8 Å². The Labute approximate surface area is 189 Å². The summed E-state index contributed by atoms with van der Waals surface area (Å²) >= 11 is 0. The Morgan fingerprint density at radius 2 is 1.79 bits per heavy atom. The molecule has 0 bridgehead atoms. The van der Waals surface area contributed by atoms with Crippen LogP contribution in [-0.4, -0.2) is 24.4 Å². The largest absolute Gasteiger partial charge is 0.463 e. The molecule has 0 aromatic heterocycles. The summed E-state index contributed by atoms with van der Waals surface area (Å²) < 4.78 is 44.2. The van der Waals surface area contributed by atoms with Crippen molar-refractivity contribution in [2.45, 2.75) is 33.4 Å². The number of aryl methyl sites for hydroxylation is 1. The van der Waals surface area contributed by atoms with E-state index in [-0.39, 0.29) is 30.0 Å². The highest BCUT2D eigenvalue weighted by atomic mass is 19.4. The van der Waals surface area contributed by atoms with Crippen molar-refractivity contribution in [3.05, 3.63) is 70.9 Å². The average Bonchev–Trinajstić information content (AvgIpc) is 2.74. The van der Waals surface area contributed by atoms with Crippen LogP contribution < -0.4 is 10.2 Å². The van der Waals surface area contributed by atoms with E-state index in [1.165, 1.54) is 17.9 Å². The topological polar surface area (TPSA) is 75.7 Å². The van der Waals surface area contributed by atoms with Gasteiger partial charge in [-0.05, 0) is 51.1 Å². The molecule has 33 heavy (non-hydrogen) atoms. The van der Waals surface area contributed by atoms with E-state index in [0.29, 0.717) is 5.69 Å². The normalized spacial score (nSPS) is 16.6. The Bertz CT molecular complexity index is 1110. The maximum Gasteiger partial charge on any atom is 0.416 e. The smallest absolute Gasteiger partial charge is 0.416 e. The molecule has 1 atom stereocenters. The minimum atomic E-state index is -4.58. The zero-order valence-electron chi connectivity index (χ0n) is 18.3. The molecule has 0 aliphatic carbocycles. The Morgan fingerprint density at radius 1 is 1.12 bits per heavy atom. The number of ether oxygens (including phenoxy) is 1. The molecule has 2 aromatic rings. The number of rotatable bonds is 5. The minimum absolute atomic E-state index is 0.0125. The summed E-state index contributed by atoms with van der Waals surface area (Å²) in [4.78, 5) is 40.1. The highest BCUT2D eigenvalue weighted by Gasteiger charge is 2.40. The molecule has 0 fully saturated rings. The van der Waals surface area contributed by atoms with E-state index >= 15 is 0 Å². The van der Waals surface area contributed by atoms with Crippen LogP contribution in [0, 0.1) is 12.8 Å². The summed E-state index contributed by atoms with van der Waals surface area (Å²) in [5.41, 5.74) is 0.710. The number of anilines is 2. The fourth-order valence-corrected chi connectivity index (χ4v) is 3.68. The van der Waals surface area contributed by atoms with Gasteiger partial charge < -0.3 is 10.1 Å². The van der Waals surface area contributed by atoms with E-state index in [9.17, 15) is 27.6 Å². The molecule has 3 rings (SSSR count). The van der Waals surface area contributed by atoms with E-state index in [1.54, 1.807) is 19.1 Å². The second-order valence-corrected chi connectivity index (χ2v) is 7.61. The van der Waals surface area contributed by atoms with Crippen LogP contribution in [0.5, 0.6) is 0 Å². The van der Waals surface area contributed by atoms with Crippen molar-refractivity contribution >= 4 is 29.2 Å². The SMILES string of the molecule is CCOC(=O)C1=C(C)N(c2ccc(C)cc2)C(=O)C[C@H]1C(=O)Nc1cccc(C(F)(F)F)c1. The van der Waals surface area contributed by atoms with Gasteiger partial charge in [-0.3, -0.25) is 14.5 Å². The molecule has 2 aromatic carbocycles. The number of hydrogen-bond acceptors (Lipinski definition) is 4. The number of esters is 1. The highest BCUT2D eigenvalue weighted by Crippen LogP contribution is 2.35. The van der Waals surface area contributed by atoms with Crippen LogP contribution in [0.1, 0.15) is 31.4 Å². The second-order valence-electron chi connectivity index (χ2n) is 7.61. The monoisotopic (exact) mass is 460 g/mol. The van der Waals surface area contributed by atoms with Crippen molar-refractivity contribution in [2.24, 2.45) is 5.92 Å². The second kappa shape index (κ2) is 9.48. The fraction of sp³-hybridized carbons (Fsp3) is 0.292. The molecular formula is C24H23F3N2O4. The molecule has 2 amide bonds. The zero-order chi connectivity index (χ0) is 24.3. The summed E-state index contributed by atoms with van der Waals surface area (Å²) in [6, 6.07) is 11.2. The van der Waals surface area contributed by atoms with Crippen molar-refractivity contribution in [3.63, 3.8) is 0 Å². The maximum absolute atomic E-state index is 13.0. The summed E-state index contributed by atoms with van der Waals surface area (Å²) in [6.45, 7) is 5.09. The van der Waals surface area contributed by atoms with Gasteiger partial charge in [-0.1, -0.05) is 23.8 Å². The first-order chi connectivity index (χ1) is 15.5. The number of alkyl halides is 3. The molecule has 0 unspecified atom stereocenters. The highest BCUT2D eigenvalue weighted by molar-refractivity contribution is 6.10. The van der Waals surface area contributed by atoms with Crippen LogP contribution in [0.4, 0.5) is 24.5 Å². The van der Waals surface area contributed by atoms with Gasteiger partial charge in [-0.25, -0.2) is 4.79 Å². The lowest BCUT2D eigenvalue weighted by atomic mass is 9.88. The van der Waals surface area contributed by atoms with Gasteiger partial charge in [0, 0.05) is 23.5 Å². The summed E-state index contributed by atoms with van der Waals surface area (Å²) in [6.07, 6.45) is -4.92. The zero-order valence-corrected chi connectivity index (χ0v) is 18.3. The quantitative estimate of drug-likeness (QED) is 0.648. The fourth-order valence-electron chi connectivity index (χ4n) is 3.68. The Balaban J connectivity index is 1.98. The first kappa shape index (κ1) is 24.0. The van der Waals surface area contributed by atoms with Crippen molar-refractivity contribution < 1.29 is 32.3 Å². The molecule has 0 radical (unpaired) electrons. The summed E-state index contributed by atoms with van der Waals surface area (Å²) in [5.74, 6) is -3.17. The molecule has 1 aliphatic heterocycles. The van der Waals surface area contributed by atoms with E-state index in [1.807, 2.05) is 19.1 Å². The predicted molar refractivity (Wildman–Crippen MR) is 116 cm³/mol. The van der Waals surface area contributed by atoms with Crippen molar-refractivity contribution in [3.8, 4) is 0 Å². The van der Waals surface area contributed by atoms with Gasteiger partial charge in [-0.15, -0.1) is 0 Å². The number of hydrogen-bond donors (Lipinski definition) is 1. The average molecular weight is 460 g/mol. The van der Waals surface area contributed by atoms with Crippen molar-refractivity contribution in [1.29, 1.82) is 0 Å². The predicted octanol–water partition coefficient (Wildman–Crippen LogP) is 4.84. The summed E-state index contributed by atoms with van der Waals surface area (Å²) in [7, 11) is 0. The first-order valence-electron chi connectivity index (χ1n) is 10.3. The lowest BCUT2D eigenvalue weighted by Crippen LogP contribution is -2.43. The molecule has 174 valence electrons. The van der Waals surface area contributed by atoms with Gasteiger partial charge >= 0.3 is 12.1 Å². The van der Waals surface area contributed by atoms with Gasteiger partial charge in [0.15, 0.2) is 0 Å². The van der Waals surface area contributed by atoms with Crippen LogP contribution in [0.15, 0.2) is 59.8 Å². The number of halogens is 3. The Kier molecular flexibility index (Phi) is 6.90. The van der Waals surface area contributed by atoms with E-state index in [4.69, 9.17) is 4.74 Å². The lowest BCUT2D eigenvalue weighted by Gasteiger charge is -2.33. The van der Waals surface area contributed by atoms with Gasteiger partial charge in [0.05, 0.1) is 23.7 Å². The minimum Gasteiger partial charge on any atom is -0.463 e. The molecule has 6 nitrogen and oxygen atoms in total. The van der Waals surface area contributed by atoms with Crippen molar-refractivity contribution in [2.75, 3.05) is 16.8 Å². The van der Waals surface area contributed by atoms with Gasteiger partial charge in [0.25, 0.3) is 0 Å². The maximum atomic E-state index is 13.0. The van der Waals surface area contributed by atoms with Crippen LogP contribution in [0.25, 0.3) is 0 Å². The van der Waals surface area contributed by atoms with Crippen LogP contribution in [0.3, 0.4) is 0 Å². The van der Waals surface area contributed by atoms with Gasteiger partial charge in [0.2, 0.25) is 11.8 Å². The van der Waals surface area contributed by atoms with Crippen molar-refractivity contribution in [1.82, 2.24) is 0 Å². The van der Waals surface area contributed by atoms with Crippen LogP contribution in [0.2, 0.25) is 0 Å². The number of benzene rings is 2. The van der Waals surface area contributed by atoms with E-state index in [2.05, 4.69) is 5.32 Å². The Morgan fingerprint density at radius 3 is 2.39 bits per heavy atom. The van der Waals surface area contributed by atoms with E-state index < -0.39 is 35.4 Å². The number of amides is 2. The summed E-state index contributed by atoms with van der Waals surface area (Å²) in [5, 5.41) is 2.40. The molecule has 0 saturated carbocycles.